The number of thioether (sulfide) groups is 1. The third-order valence-electron chi connectivity index (χ3n) is 5.53. The van der Waals surface area contributed by atoms with E-state index < -0.39 is 0 Å². The predicted molar refractivity (Wildman–Crippen MR) is 125 cm³/mol. The van der Waals surface area contributed by atoms with Crippen molar-refractivity contribution in [2.45, 2.75) is 50.6 Å². The molecule has 5 rings (SSSR count). The van der Waals surface area contributed by atoms with Crippen molar-refractivity contribution < 1.29 is 0 Å². The van der Waals surface area contributed by atoms with E-state index in [1.807, 2.05) is 13.8 Å². The van der Waals surface area contributed by atoms with Crippen LogP contribution < -0.4 is 11.1 Å². The first-order valence-electron chi connectivity index (χ1n) is 9.75. The van der Waals surface area contributed by atoms with E-state index in [4.69, 9.17) is 4.98 Å². The van der Waals surface area contributed by atoms with Crippen LogP contribution in [0.4, 0.5) is 0 Å². The lowest BCUT2D eigenvalue weighted by molar-refractivity contribution is 0.672. The number of aromatic nitrogens is 4. The van der Waals surface area contributed by atoms with Gasteiger partial charge in [-0.05, 0) is 44.2 Å². The van der Waals surface area contributed by atoms with Gasteiger partial charge in [0, 0.05) is 16.3 Å². The molecular weight excluding hydrogens is 436 g/mol. The summed E-state index contributed by atoms with van der Waals surface area (Å²) >= 11 is 4.59. The van der Waals surface area contributed by atoms with E-state index in [0.29, 0.717) is 28.7 Å². The summed E-state index contributed by atoms with van der Waals surface area (Å²) in [5, 5.41) is 2.08. The standard InChI is InChI=1S/C21H20N4O2S3/c1-4-8-25-20(27)16-12-6-5-7-13(12)30-19(16)24-21(25)28-9-14-22-17(26)15-10(2)11(3)29-18(15)23-14/h4H,1,5-9H2,2-3H3,(H,22,23,26). The molecule has 0 saturated heterocycles. The second-order valence-electron chi connectivity index (χ2n) is 7.40. The molecule has 0 radical (unpaired) electrons. The van der Waals surface area contributed by atoms with Crippen molar-refractivity contribution in [3.63, 3.8) is 0 Å². The minimum atomic E-state index is -0.112. The quantitative estimate of drug-likeness (QED) is 0.274. The van der Waals surface area contributed by atoms with Crippen LogP contribution in [0.5, 0.6) is 0 Å². The molecule has 0 amide bonds. The Morgan fingerprint density at radius 3 is 2.77 bits per heavy atom. The van der Waals surface area contributed by atoms with E-state index >= 15 is 0 Å². The highest BCUT2D eigenvalue weighted by atomic mass is 32.2. The second kappa shape index (κ2) is 7.47. The zero-order chi connectivity index (χ0) is 21.0. The Morgan fingerprint density at radius 2 is 1.97 bits per heavy atom. The number of aromatic amines is 1. The average Bonchev–Trinajstić information content (AvgIpc) is 3.36. The monoisotopic (exact) mass is 456 g/mol. The summed E-state index contributed by atoms with van der Waals surface area (Å²) < 4.78 is 1.68. The Kier molecular flexibility index (Phi) is 4.91. The van der Waals surface area contributed by atoms with Crippen LogP contribution in [0.3, 0.4) is 0 Å². The Morgan fingerprint density at radius 1 is 1.17 bits per heavy atom. The normalized spacial score (nSPS) is 13.4. The molecular formula is C21H20N4O2S3. The van der Waals surface area contributed by atoms with Gasteiger partial charge >= 0.3 is 0 Å². The van der Waals surface area contributed by atoms with Gasteiger partial charge in [0.2, 0.25) is 0 Å². The first-order chi connectivity index (χ1) is 14.5. The van der Waals surface area contributed by atoms with Crippen molar-refractivity contribution in [2.24, 2.45) is 0 Å². The fourth-order valence-electron chi connectivity index (χ4n) is 3.96. The van der Waals surface area contributed by atoms with Crippen LogP contribution in [0.2, 0.25) is 0 Å². The molecule has 154 valence electrons. The van der Waals surface area contributed by atoms with Crippen molar-refractivity contribution >= 4 is 54.9 Å². The van der Waals surface area contributed by atoms with Crippen LogP contribution in [0.25, 0.3) is 20.4 Å². The molecule has 6 nitrogen and oxygen atoms in total. The molecule has 30 heavy (non-hydrogen) atoms. The average molecular weight is 457 g/mol. The number of H-pyrrole nitrogens is 1. The van der Waals surface area contributed by atoms with Gasteiger partial charge in [0.1, 0.15) is 15.5 Å². The fraction of sp³-hybridized carbons (Fsp3) is 0.333. The van der Waals surface area contributed by atoms with Gasteiger partial charge in [-0.25, -0.2) is 9.97 Å². The minimum Gasteiger partial charge on any atom is -0.309 e. The highest BCUT2D eigenvalue weighted by Crippen LogP contribution is 2.36. The molecule has 4 aromatic rings. The van der Waals surface area contributed by atoms with Gasteiger partial charge in [-0.3, -0.25) is 14.2 Å². The number of hydrogen-bond acceptors (Lipinski definition) is 7. The fourth-order valence-corrected chi connectivity index (χ4v) is 7.19. The van der Waals surface area contributed by atoms with E-state index in [9.17, 15) is 9.59 Å². The van der Waals surface area contributed by atoms with Crippen molar-refractivity contribution in [1.29, 1.82) is 0 Å². The number of nitrogens with zero attached hydrogens (tertiary/aromatic N) is 3. The van der Waals surface area contributed by atoms with E-state index in [0.717, 1.165) is 44.8 Å². The number of rotatable bonds is 5. The smallest absolute Gasteiger partial charge is 0.263 e. The third kappa shape index (κ3) is 3.07. The first-order valence-corrected chi connectivity index (χ1v) is 12.4. The van der Waals surface area contributed by atoms with Gasteiger partial charge in [-0.1, -0.05) is 17.8 Å². The lowest BCUT2D eigenvalue weighted by Crippen LogP contribution is -2.23. The van der Waals surface area contributed by atoms with Gasteiger partial charge in [0.05, 0.1) is 16.5 Å². The van der Waals surface area contributed by atoms with Gasteiger partial charge in [-0.2, -0.15) is 0 Å². The number of allylic oxidation sites excluding steroid dienone is 1. The zero-order valence-corrected chi connectivity index (χ0v) is 19.2. The molecule has 0 spiro atoms. The maximum atomic E-state index is 13.2. The van der Waals surface area contributed by atoms with Gasteiger partial charge < -0.3 is 4.98 Å². The number of fused-ring (bicyclic) bond motifs is 4. The SMILES string of the molecule is C=CCn1c(SCc2nc3sc(C)c(C)c3c(=O)[nH]2)nc2sc3c(c2c1=O)CCC3. The van der Waals surface area contributed by atoms with Crippen molar-refractivity contribution in [2.75, 3.05) is 0 Å². The van der Waals surface area contributed by atoms with E-state index in [1.165, 1.54) is 33.5 Å². The van der Waals surface area contributed by atoms with E-state index in [-0.39, 0.29) is 11.1 Å². The van der Waals surface area contributed by atoms with E-state index in [2.05, 4.69) is 16.5 Å². The van der Waals surface area contributed by atoms with Crippen molar-refractivity contribution in [1.82, 2.24) is 19.5 Å². The Bertz CT molecular complexity index is 1440. The summed E-state index contributed by atoms with van der Waals surface area (Å²) in [5.74, 6) is 1.02. The van der Waals surface area contributed by atoms with Crippen LogP contribution in [-0.4, -0.2) is 19.5 Å². The number of nitrogens with one attached hydrogen (secondary N) is 1. The molecule has 0 unspecified atom stereocenters. The zero-order valence-electron chi connectivity index (χ0n) is 16.7. The molecule has 0 atom stereocenters. The second-order valence-corrected chi connectivity index (χ2v) is 10.6. The van der Waals surface area contributed by atoms with Gasteiger partial charge in [0.25, 0.3) is 11.1 Å². The minimum absolute atomic E-state index is 0.00297. The summed E-state index contributed by atoms with van der Waals surface area (Å²) in [6.45, 7) is 8.15. The molecule has 0 bridgehead atoms. The molecule has 4 heterocycles. The highest BCUT2D eigenvalue weighted by molar-refractivity contribution is 7.98. The van der Waals surface area contributed by atoms with Crippen molar-refractivity contribution in [3.05, 3.63) is 60.1 Å². The van der Waals surface area contributed by atoms with Crippen molar-refractivity contribution in [3.8, 4) is 0 Å². The maximum Gasteiger partial charge on any atom is 0.263 e. The topological polar surface area (TPSA) is 80.6 Å². The first kappa shape index (κ1) is 19.7. The predicted octanol–water partition coefficient (Wildman–Crippen LogP) is 4.34. The summed E-state index contributed by atoms with van der Waals surface area (Å²) in [6.07, 6.45) is 4.81. The van der Waals surface area contributed by atoms with Gasteiger partial charge in [0.15, 0.2) is 5.16 Å². The number of aryl methyl sites for hydroxylation is 4. The largest absolute Gasteiger partial charge is 0.309 e. The molecule has 1 aliphatic carbocycles. The van der Waals surface area contributed by atoms with Crippen LogP contribution in [0, 0.1) is 13.8 Å². The summed E-state index contributed by atoms with van der Waals surface area (Å²) in [7, 11) is 0. The summed E-state index contributed by atoms with van der Waals surface area (Å²) in [5.41, 5.74) is 2.06. The molecule has 1 N–H and O–H groups in total. The molecule has 0 fully saturated rings. The molecule has 4 aromatic heterocycles. The van der Waals surface area contributed by atoms with E-state index in [1.54, 1.807) is 22.0 Å². The van der Waals surface area contributed by atoms with Crippen LogP contribution >= 0.6 is 34.4 Å². The number of hydrogen-bond donors (Lipinski definition) is 1. The Balaban J connectivity index is 1.55. The van der Waals surface area contributed by atoms with Crippen LogP contribution in [0.15, 0.2) is 27.4 Å². The molecule has 9 heteroatoms. The molecule has 1 aliphatic rings. The molecule has 0 aliphatic heterocycles. The molecule has 0 aromatic carbocycles. The third-order valence-corrected chi connectivity index (χ3v) is 8.80. The van der Waals surface area contributed by atoms with Gasteiger partial charge in [-0.15, -0.1) is 29.3 Å². The lowest BCUT2D eigenvalue weighted by Gasteiger charge is -2.10. The number of thiophene rings is 2. The Labute approximate surface area is 184 Å². The lowest BCUT2D eigenvalue weighted by atomic mass is 10.2. The summed E-state index contributed by atoms with van der Waals surface area (Å²) in [4.78, 5) is 42.1. The van der Waals surface area contributed by atoms with Crippen LogP contribution in [0.1, 0.15) is 33.1 Å². The highest BCUT2D eigenvalue weighted by Gasteiger charge is 2.23. The molecule has 0 saturated carbocycles. The maximum absolute atomic E-state index is 13.2. The Hall–Kier alpha value is -2.23. The van der Waals surface area contributed by atoms with Crippen LogP contribution in [-0.2, 0) is 25.1 Å². The summed E-state index contributed by atoms with van der Waals surface area (Å²) in [6, 6.07) is 0.